The van der Waals surface area contributed by atoms with Gasteiger partial charge in [-0.25, -0.2) is 4.79 Å². The highest BCUT2D eigenvalue weighted by Crippen LogP contribution is 2.39. The molecule has 0 aliphatic carbocycles. The topological polar surface area (TPSA) is 114 Å². The molecule has 4 aromatic rings. The Morgan fingerprint density at radius 1 is 1.24 bits per heavy atom. The van der Waals surface area contributed by atoms with Gasteiger partial charge in [0.15, 0.2) is 0 Å². The maximum absolute atomic E-state index is 13.1. The van der Waals surface area contributed by atoms with Crippen LogP contribution in [0, 0.1) is 18.3 Å². The molecule has 1 aliphatic rings. The molecule has 0 radical (unpaired) electrons. The van der Waals surface area contributed by atoms with Crippen LogP contribution in [0.2, 0.25) is 0 Å². The Bertz CT molecular complexity index is 1680. The minimum Gasteiger partial charge on any atom is -0.442 e. The predicted molar refractivity (Wildman–Crippen MR) is 149 cm³/mol. The summed E-state index contributed by atoms with van der Waals surface area (Å²) in [6, 6.07) is 13.4. The molecule has 0 fully saturated rings. The number of carbonyl (C=O) groups is 2. The quantitative estimate of drug-likeness (QED) is 0.253. The molecule has 3 heterocycles. The van der Waals surface area contributed by atoms with Crippen LogP contribution in [0.15, 0.2) is 53.9 Å². The van der Waals surface area contributed by atoms with Crippen LogP contribution in [0.25, 0.3) is 33.3 Å². The molecule has 0 unspecified atom stereocenters. The van der Waals surface area contributed by atoms with E-state index >= 15 is 0 Å². The average Bonchev–Trinajstić information content (AvgIpc) is 3.53. The number of rotatable bonds is 4. The summed E-state index contributed by atoms with van der Waals surface area (Å²) in [5.74, 6) is -0.219. The van der Waals surface area contributed by atoms with E-state index in [1.807, 2.05) is 69.5 Å². The Morgan fingerprint density at radius 3 is 2.66 bits per heavy atom. The number of nitrogens with two attached hydrogens (primary N) is 1. The zero-order chi connectivity index (χ0) is 27.4. The Balaban J connectivity index is 1.66. The number of thiophene rings is 1. The SMILES string of the molecule is C=C(C#N)CN1Cc2c(-c3ccc4c(c3)c(-c3csc(C)c3)nn4C(=O)OC(C)(C)C)ccc(N)c2C1=O. The summed E-state index contributed by atoms with van der Waals surface area (Å²) in [4.78, 5) is 28.9. The van der Waals surface area contributed by atoms with E-state index in [9.17, 15) is 9.59 Å². The molecule has 8 nitrogen and oxygen atoms in total. The van der Waals surface area contributed by atoms with Crippen LogP contribution < -0.4 is 5.73 Å². The summed E-state index contributed by atoms with van der Waals surface area (Å²) in [6.45, 7) is 11.7. The Morgan fingerprint density at radius 2 is 2.00 bits per heavy atom. The van der Waals surface area contributed by atoms with Crippen LogP contribution in [0.1, 0.15) is 41.6 Å². The van der Waals surface area contributed by atoms with Crippen LogP contribution in [0.5, 0.6) is 0 Å². The van der Waals surface area contributed by atoms with Crippen molar-refractivity contribution in [1.29, 1.82) is 5.26 Å². The first kappa shape index (κ1) is 25.2. The molecule has 0 saturated heterocycles. The lowest BCUT2D eigenvalue weighted by Crippen LogP contribution is -2.27. The molecule has 0 bridgehead atoms. The zero-order valence-electron chi connectivity index (χ0n) is 21.7. The van der Waals surface area contributed by atoms with Crippen LogP contribution in [-0.4, -0.2) is 38.8 Å². The number of ether oxygens (including phenoxy) is 1. The molecule has 9 heteroatoms. The second kappa shape index (κ2) is 9.15. The normalized spacial score (nSPS) is 13.0. The van der Waals surface area contributed by atoms with Gasteiger partial charge in [-0.15, -0.1) is 11.3 Å². The second-order valence-corrected chi connectivity index (χ2v) is 11.5. The monoisotopic (exact) mass is 525 g/mol. The first-order chi connectivity index (χ1) is 18.0. The fourth-order valence-electron chi connectivity index (χ4n) is 4.68. The summed E-state index contributed by atoms with van der Waals surface area (Å²) in [6.07, 6.45) is -0.555. The average molecular weight is 526 g/mol. The van der Waals surface area contributed by atoms with Crippen molar-refractivity contribution in [1.82, 2.24) is 14.7 Å². The molecular formula is C29H27N5O3S. The summed E-state index contributed by atoms with van der Waals surface area (Å²) < 4.78 is 6.92. The number of nitrogen functional groups attached to an aromatic ring is 1. The largest absolute Gasteiger partial charge is 0.442 e. The number of benzene rings is 2. The highest BCUT2D eigenvalue weighted by atomic mass is 32.1. The minimum atomic E-state index is -0.672. The van der Waals surface area contributed by atoms with Crippen molar-refractivity contribution in [2.24, 2.45) is 0 Å². The third-order valence-corrected chi connectivity index (χ3v) is 7.16. The number of nitrogens with zero attached hydrogens (tertiary/aromatic N) is 4. The maximum Gasteiger partial charge on any atom is 0.435 e. The van der Waals surface area contributed by atoms with E-state index in [1.165, 1.54) is 4.68 Å². The third-order valence-electron chi connectivity index (χ3n) is 6.30. The van der Waals surface area contributed by atoms with Crippen molar-refractivity contribution in [3.05, 3.63) is 69.9 Å². The molecule has 0 saturated carbocycles. The molecule has 2 aromatic heterocycles. The van der Waals surface area contributed by atoms with Gasteiger partial charge in [0.05, 0.1) is 23.7 Å². The standard InChI is InChI=1S/C29H27N5O3S/c1-16(12-30)13-33-14-22-20(7-8-23(31)25(22)27(33)35)18-6-9-24-21(11-18)26(19-10-17(2)38-15-19)32-34(24)28(36)37-29(3,4)5/h6-11,15H,1,13-14,31H2,2-5H3. The van der Waals surface area contributed by atoms with Gasteiger partial charge in [0.2, 0.25) is 0 Å². The van der Waals surface area contributed by atoms with E-state index in [4.69, 9.17) is 15.7 Å². The number of aryl methyl sites for hydroxylation is 1. The summed E-state index contributed by atoms with van der Waals surface area (Å²) in [5, 5.41) is 16.6. The van der Waals surface area contributed by atoms with Crippen LogP contribution >= 0.6 is 11.3 Å². The van der Waals surface area contributed by atoms with E-state index in [1.54, 1.807) is 22.3 Å². The number of hydrogen-bond donors (Lipinski definition) is 1. The first-order valence-corrected chi connectivity index (χ1v) is 13.0. The van der Waals surface area contributed by atoms with Crippen molar-refractivity contribution < 1.29 is 14.3 Å². The number of hydrogen-bond acceptors (Lipinski definition) is 7. The van der Waals surface area contributed by atoms with Crippen molar-refractivity contribution >= 4 is 39.9 Å². The number of aromatic nitrogens is 2. The van der Waals surface area contributed by atoms with E-state index in [0.717, 1.165) is 32.5 Å². The zero-order valence-corrected chi connectivity index (χ0v) is 22.5. The molecule has 5 rings (SSSR count). The number of carbonyl (C=O) groups excluding carboxylic acids is 2. The van der Waals surface area contributed by atoms with Gasteiger partial charge in [-0.05, 0) is 68.7 Å². The smallest absolute Gasteiger partial charge is 0.435 e. The number of fused-ring (bicyclic) bond motifs is 2. The highest BCUT2D eigenvalue weighted by Gasteiger charge is 2.32. The Hall–Kier alpha value is -4.42. The van der Waals surface area contributed by atoms with Gasteiger partial charge >= 0.3 is 6.09 Å². The van der Waals surface area contributed by atoms with Gasteiger partial charge in [-0.1, -0.05) is 18.7 Å². The fourth-order valence-corrected chi connectivity index (χ4v) is 5.37. The molecule has 2 aromatic carbocycles. The fraction of sp³-hybridized carbons (Fsp3) is 0.241. The molecule has 38 heavy (non-hydrogen) atoms. The molecule has 2 N–H and O–H groups in total. The Labute approximate surface area is 224 Å². The molecule has 0 atom stereocenters. The maximum atomic E-state index is 13.1. The van der Waals surface area contributed by atoms with Gasteiger partial charge in [-0.3, -0.25) is 4.79 Å². The Kier molecular flexibility index (Phi) is 6.08. The summed E-state index contributed by atoms with van der Waals surface area (Å²) in [5.41, 5.74) is 11.4. The third kappa shape index (κ3) is 4.44. The molecule has 192 valence electrons. The van der Waals surface area contributed by atoms with Crippen LogP contribution in [0.3, 0.4) is 0 Å². The molecular weight excluding hydrogens is 498 g/mol. The van der Waals surface area contributed by atoms with E-state index in [2.05, 4.69) is 11.7 Å². The van der Waals surface area contributed by atoms with E-state index in [-0.39, 0.29) is 12.5 Å². The summed E-state index contributed by atoms with van der Waals surface area (Å²) in [7, 11) is 0. The molecule has 0 spiro atoms. The van der Waals surface area contributed by atoms with Crippen LogP contribution in [0.4, 0.5) is 10.5 Å². The van der Waals surface area contributed by atoms with E-state index < -0.39 is 11.7 Å². The van der Waals surface area contributed by atoms with Crippen molar-refractivity contribution in [2.75, 3.05) is 12.3 Å². The van der Waals surface area contributed by atoms with Crippen LogP contribution in [-0.2, 0) is 11.3 Å². The lowest BCUT2D eigenvalue weighted by molar-refractivity contribution is 0.0523. The first-order valence-electron chi connectivity index (χ1n) is 12.1. The number of anilines is 1. The molecule has 1 amide bonds. The molecule has 1 aliphatic heterocycles. The minimum absolute atomic E-state index is 0.145. The van der Waals surface area contributed by atoms with Gasteiger partial charge < -0.3 is 15.4 Å². The van der Waals surface area contributed by atoms with E-state index in [0.29, 0.717) is 34.6 Å². The lowest BCUT2D eigenvalue weighted by atomic mass is 9.94. The van der Waals surface area contributed by atoms with Gasteiger partial charge in [0, 0.05) is 39.0 Å². The highest BCUT2D eigenvalue weighted by molar-refractivity contribution is 7.10. The predicted octanol–water partition coefficient (Wildman–Crippen LogP) is 6.14. The van der Waals surface area contributed by atoms with Gasteiger partial charge in [0.1, 0.15) is 11.3 Å². The lowest BCUT2D eigenvalue weighted by Gasteiger charge is -2.19. The van der Waals surface area contributed by atoms with Gasteiger partial charge in [-0.2, -0.15) is 15.0 Å². The number of nitriles is 1. The van der Waals surface area contributed by atoms with Crippen molar-refractivity contribution in [3.8, 4) is 28.5 Å². The number of amides is 1. The second-order valence-electron chi connectivity index (χ2n) is 10.4. The van der Waals surface area contributed by atoms with Crippen molar-refractivity contribution in [2.45, 2.75) is 39.8 Å². The van der Waals surface area contributed by atoms with Gasteiger partial charge in [0.25, 0.3) is 5.91 Å². The summed E-state index contributed by atoms with van der Waals surface area (Å²) >= 11 is 1.61. The van der Waals surface area contributed by atoms with Crippen molar-refractivity contribution in [3.63, 3.8) is 0 Å².